The molecule has 2 nitrogen and oxygen atoms in total. The van der Waals surface area contributed by atoms with E-state index in [1.807, 2.05) is 0 Å². The molecule has 6 heteroatoms. The molecule has 3 atom stereocenters. The summed E-state index contributed by atoms with van der Waals surface area (Å²) in [6, 6.07) is 0. The van der Waals surface area contributed by atoms with Gasteiger partial charge in [0.2, 0.25) is 0 Å². The van der Waals surface area contributed by atoms with Crippen LogP contribution in [0.15, 0.2) is 23.8 Å². The van der Waals surface area contributed by atoms with Crippen LogP contribution in [0, 0.1) is 17.3 Å². The molecule has 3 aliphatic carbocycles. The van der Waals surface area contributed by atoms with E-state index < -0.39 is 20.6 Å². The molecule has 3 rings (SSSR count). The molecule has 2 saturated carbocycles. The van der Waals surface area contributed by atoms with Crippen molar-refractivity contribution in [3.63, 3.8) is 0 Å². The third kappa shape index (κ3) is 4.33. The minimum Gasteiger partial charge on any atom is -0.403 e. The SMILES string of the molecule is C[Si](C)(C)OC(/C=C\CC1(C2=CCC3C(=O)CCCC23)CC1)C(F)(F)F. The van der Waals surface area contributed by atoms with Crippen molar-refractivity contribution < 1.29 is 22.4 Å². The van der Waals surface area contributed by atoms with Crippen molar-refractivity contribution in [2.75, 3.05) is 0 Å². The Bertz CT molecular complexity index is 612. The first kappa shape index (κ1) is 19.9. The molecule has 146 valence electrons. The molecule has 0 aromatic heterocycles. The Hall–Kier alpha value is -0.883. The minimum absolute atomic E-state index is 0.00282. The number of hydrogen-bond acceptors (Lipinski definition) is 2. The quantitative estimate of drug-likeness (QED) is 0.425. The molecule has 3 unspecified atom stereocenters. The lowest BCUT2D eigenvalue weighted by molar-refractivity contribution is -0.182. The maximum absolute atomic E-state index is 13.2. The molecule has 2 fully saturated rings. The Morgan fingerprint density at radius 3 is 2.58 bits per heavy atom. The summed E-state index contributed by atoms with van der Waals surface area (Å²) in [5, 5.41) is 0. The maximum atomic E-state index is 13.2. The largest absolute Gasteiger partial charge is 0.417 e. The van der Waals surface area contributed by atoms with Crippen LogP contribution in [0.3, 0.4) is 0 Å². The number of carbonyl (C=O) groups excluding carboxylic acids is 1. The van der Waals surface area contributed by atoms with Gasteiger partial charge in [0.1, 0.15) is 5.78 Å². The van der Waals surface area contributed by atoms with Crippen molar-refractivity contribution in [3.05, 3.63) is 23.8 Å². The van der Waals surface area contributed by atoms with E-state index in [2.05, 4.69) is 6.08 Å². The zero-order valence-corrected chi connectivity index (χ0v) is 16.9. The number of rotatable bonds is 6. The second-order valence-corrected chi connectivity index (χ2v) is 13.5. The van der Waals surface area contributed by atoms with Gasteiger partial charge >= 0.3 is 6.18 Å². The summed E-state index contributed by atoms with van der Waals surface area (Å²) >= 11 is 0. The average Bonchev–Trinajstić information content (AvgIpc) is 3.14. The smallest absolute Gasteiger partial charge is 0.403 e. The van der Waals surface area contributed by atoms with Gasteiger partial charge in [0, 0.05) is 12.3 Å². The molecule has 0 saturated heterocycles. The number of allylic oxidation sites excluding steroid dienone is 3. The maximum Gasteiger partial charge on any atom is 0.417 e. The highest BCUT2D eigenvalue weighted by Crippen LogP contribution is 2.61. The van der Waals surface area contributed by atoms with Crippen LogP contribution in [0.2, 0.25) is 19.6 Å². The third-order valence-corrected chi connectivity index (χ3v) is 6.88. The highest BCUT2D eigenvalue weighted by molar-refractivity contribution is 6.69. The summed E-state index contributed by atoms with van der Waals surface area (Å²) in [4.78, 5) is 12.1. The fourth-order valence-corrected chi connectivity index (χ4v) is 5.54. The van der Waals surface area contributed by atoms with Gasteiger partial charge in [-0.15, -0.1) is 0 Å². The van der Waals surface area contributed by atoms with Gasteiger partial charge in [0.25, 0.3) is 0 Å². The lowest BCUT2D eigenvalue weighted by Crippen LogP contribution is -2.39. The summed E-state index contributed by atoms with van der Waals surface area (Å²) in [7, 11) is -2.29. The Balaban J connectivity index is 1.66. The van der Waals surface area contributed by atoms with Crippen LogP contribution in [-0.4, -0.2) is 26.4 Å². The first-order valence-electron chi connectivity index (χ1n) is 9.66. The third-order valence-electron chi connectivity index (χ3n) is 5.92. The van der Waals surface area contributed by atoms with E-state index in [9.17, 15) is 18.0 Å². The number of halogens is 3. The lowest BCUT2D eigenvalue weighted by atomic mass is 9.73. The summed E-state index contributed by atoms with van der Waals surface area (Å²) in [5.41, 5.74) is 1.36. The summed E-state index contributed by atoms with van der Waals surface area (Å²) in [5.74, 6) is 0.849. The van der Waals surface area contributed by atoms with Crippen LogP contribution in [0.25, 0.3) is 0 Å². The molecule has 0 spiro atoms. The molecule has 0 bridgehead atoms. The molecule has 0 amide bonds. The zero-order chi connectivity index (χ0) is 19.2. The molecule has 0 aliphatic heterocycles. The number of fused-ring (bicyclic) bond motifs is 1. The molecule has 0 heterocycles. The molecule has 3 aliphatic rings. The predicted molar refractivity (Wildman–Crippen MR) is 98.2 cm³/mol. The van der Waals surface area contributed by atoms with Gasteiger partial charge in [-0.25, -0.2) is 0 Å². The van der Waals surface area contributed by atoms with E-state index in [0.29, 0.717) is 24.5 Å². The van der Waals surface area contributed by atoms with Crippen LogP contribution in [0.1, 0.15) is 44.9 Å². The van der Waals surface area contributed by atoms with Crippen LogP contribution < -0.4 is 0 Å². The number of ketones is 1. The first-order valence-corrected chi connectivity index (χ1v) is 13.1. The van der Waals surface area contributed by atoms with E-state index >= 15 is 0 Å². The van der Waals surface area contributed by atoms with Crippen molar-refractivity contribution in [2.45, 2.75) is 76.9 Å². The first-order chi connectivity index (χ1) is 12.0. The van der Waals surface area contributed by atoms with Crippen molar-refractivity contribution in [1.29, 1.82) is 0 Å². The van der Waals surface area contributed by atoms with Gasteiger partial charge < -0.3 is 4.43 Å². The predicted octanol–water partition coefficient (Wildman–Crippen LogP) is 5.81. The van der Waals surface area contributed by atoms with Crippen molar-refractivity contribution in [2.24, 2.45) is 17.3 Å². The highest BCUT2D eigenvalue weighted by atomic mass is 28.4. The number of hydrogen-bond donors (Lipinski definition) is 0. The van der Waals surface area contributed by atoms with Gasteiger partial charge in [-0.05, 0) is 69.5 Å². The normalized spacial score (nSPS) is 29.6. The average molecular weight is 387 g/mol. The Kier molecular flexibility index (Phi) is 5.30. The number of alkyl halides is 3. The van der Waals surface area contributed by atoms with Gasteiger partial charge in [0.05, 0.1) is 0 Å². The molecular formula is C20H29F3O2Si. The van der Waals surface area contributed by atoms with Crippen molar-refractivity contribution >= 4 is 14.1 Å². The van der Waals surface area contributed by atoms with E-state index in [4.69, 9.17) is 4.43 Å². The summed E-state index contributed by atoms with van der Waals surface area (Å²) < 4.78 is 45.1. The van der Waals surface area contributed by atoms with Crippen LogP contribution in [0.4, 0.5) is 13.2 Å². The van der Waals surface area contributed by atoms with Crippen molar-refractivity contribution in [1.82, 2.24) is 0 Å². The van der Waals surface area contributed by atoms with Crippen molar-refractivity contribution in [3.8, 4) is 0 Å². The minimum atomic E-state index is -4.37. The van der Waals surface area contributed by atoms with Gasteiger partial charge in [-0.2, -0.15) is 13.2 Å². The zero-order valence-electron chi connectivity index (χ0n) is 15.9. The summed E-state index contributed by atoms with van der Waals surface area (Å²) in [6.45, 7) is 5.31. The summed E-state index contributed by atoms with van der Waals surface area (Å²) in [6.07, 6.45) is 5.09. The Morgan fingerprint density at radius 1 is 1.31 bits per heavy atom. The van der Waals surface area contributed by atoms with Crippen LogP contribution >= 0.6 is 0 Å². The van der Waals surface area contributed by atoms with Crippen LogP contribution in [0.5, 0.6) is 0 Å². The second kappa shape index (κ2) is 6.93. The van der Waals surface area contributed by atoms with Gasteiger partial charge in [0.15, 0.2) is 14.4 Å². The van der Waals surface area contributed by atoms with Gasteiger partial charge in [-0.3, -0.25) is 4.79 Å². The monoisotopic (exact) mass is 386 g/mol. The molecule has 0 radical (unpaired) electrons. The molecule has 26 heavy (non-hydrogen) atoms. The van der Waals surface area contributed by atoms with E-state index in [1.54, 1.807) is 25.7 Å². The molecule has 0 aromatic carbocycles. The standard InChI is InChI=1S/C20H29F3O2Si/c1-26(2,3)25-18(20(21,22)23)8-5-11-19(12-13-19)16-10-9-15-14(16)6-4-7-17(15)24/h5,8,10,14-15,18H,4,6-7,9,11-13H2,1-3H3/b8-5-. The number of Topliss-reactive ketones (excluding diaryl/α,β-unsaturated/α-hetero) is 1. The fraction of sp³-hybridized carbons (Fsp3) is 0.750. The highest BCUT2D eigenvalue weighted by Gasteiger charge is 2.51. The topological polar surface area (TPSA) is 26.3 Å². The van der Waals surface area contributed by atoms with E-state index in [1.165, 1.54) is 11.6 Å². The Morgan fingerprint density at radius 2 is 2.00 bits per heavy atom. The fourth-order valence-electron chi connectivity index (χ4n) is 4.57. The lowest BCUT2D eigenvalue weighted by Gasteiger charge is -2.30. The van der Waals surface area contributed by atoms with Gasteiger partial charge in [-0.1, -0.05) is 23.8 Å². The molecule has 0 N–H and O–H groups in total. The van der Waals surface area contributed by atoms with E-state index in [0.717, 1.165) is 32.1 Å². The van der Waals surface area contributed by atoms with Crippen LogP contribution in [-0.2, 0) is 9.22 Å². The number of carbonyl (C=O) groups is 1. The second-order valence-electron chi connectivity index (χ2n) is 9.07. The van der Waals surface area contributed by atoms with E-state index in [-0.39, 0.29) is 11.3 Å². The Labute approximate surface area is 155 Å². The molecular weight excluding hydrogens is 357 g/mol. The molecule has 0 aromatic rings.